The molecular weight excluding hydrogens is 855 g/mol. The number of allylic oxidation sites excluding steroid dienone is 1. The van der Waals surface area contributed by atoms with Gasteiger partial charge in [0.05, 0.1) is 37.6 Å². The Morgan fingerprint density at radius 1 is 0.662 bits per heavy atom. The predicted molar refractivity (Wildman–Crippen MR) is 225 cm³/mol. The summed E-state index contributed by atoms with van der Waals surface area (Å²) in [5.74, 6) is -5.69. The van der Waals surface area contributed by atoms with Crippen LogP contribution in [0.2, 0.25) is 0 Å². The normalized spacial score (nSPS) is 38.7. The molecular formula is C48H70F2O15. The Morgan fingerprint density at radius 3 is 1.60 bits per heavy atom. The molecule has 1 N–H and O–H groups in total. The van der Waals surface area contributed by atoms with Crippen LogP contribution in [0.4, 0.5) is 8.78 Å². The molecule has 366 valence electrons. The number of aldehydes is 1. The number of carbonyl (C=O) groups excluding carboxylic acids is 5. The number of ketones is 1. The third-order valence-electron chi connectivity index (χ3n) is 14.7. The van der Waals surface area contributed by atoms with Crippen molar-refractivity contribution in [3.8, 4) is 0 Å². The molecule has 65 heavy (non-hydrogen) atoms. The van der Waals surface area contributed by atoms with Crippen molar-refractivity contribution < 1.29 is 80.5 Å². The molecule has 0 bridgehead atoms. The zero-order valence-corrected chi connectivity index (χ0v) is 37.8. The summed E-state index contributed by atoms with van der Waals surface area (Å²) in [6.07, 6.45) is 16.1. The van der Waals surface area contributed by atoms with Crippen molar-refractivity contribution in [1.29, 1.82) is 0 Å². The van der Waals surface area contributed by atoms with Crippen molar-refractivity contribution in [2.75, 3.05) is 26.4 Å². The van der Waals surface area contributed by atoms with Crippen LogP contribution < -0.4 is 0 Å². The predicted octanol–water partition coefficient (Wildman–Crippen LogP) is 6.47. The number of halogens is 2. The fourth-order valence-corrected chi connectivity index (χ4v) is 11.2. The number of ether oxygens (including phenoxy) is 9. The molecule has 9 rings (SSSR count). The fraction of sp³-hybridized carbons (Fsp3) is 0.854. The van der Waals surface area contributed by atoms with E-state index in [1.807, 2.05) is 6.92 Å². The molecule has 0 amide bonds. The molecule has 17 heteroatoms. The van der Waals surface area contributed by atoms with E-state index >= 15 is 0 Å². The quantitative estimate of drug-likeness (QED) is 0.0583. The number of rotatable bonds is 16. The third-order valence-corrected chi connectivity index (χ3v) is 14.7. The van der Waals surface area contributed by atoms with Crippen LogP contribution >= 0.6 is 0 Å². The number of alkyl halides is 2. The van der Waals surface area contributed by atoms with E-state index < -0.39 is 18.1 Å². The molecule has 6 saturated heterocycles. The van der Waals surface area contributed by atoms with Crippen molar-refractivity contribution in [3.63, 3.8) is 0 Å². The first-order chi connectivity index (χ1) is 31.5. The zero-order valence-electron chi connectivity index (χ0n) is 37.8. The van der Waals surface area contributed by atoms with Crippen molar-refractivity contribution >= 4 is 30.0 Å². The van der Waals surface area contributed by atoms with Gasteiger partial charge in [-0.25, -0.2) is 0 Å². The van der Waals surface area contributed by atoms with E-state index in [9.17, 15) is 37.9 Å². The lowest BCUT2D eigenvalue weighted by molar-refractivity contribution is -0.199. The first-order valence-electron chi connectivity index (χ1n) is 24.5. The number of aliphatic hydroxyl groups is 1. The molecule has 13 unspecified atom stereocenters. The van der Waals surface area contributed by atoms with Crippen molar-refractivity contribution in [2.24, 2.45) is 35.5 Å². The number of fused-ring (bicyclic) bond motifs is 3. The number of aliphatic hydroxyl groups excluding tert-OH is 1. The van der Waals surface area contributed by atoms with Crippen LogP contribution in [0.5, 0.6) is 0 Å². The monoisotopic (exact) mass is 924 g/mol. The van der Waals surface area contributed by atoms with Gasteiger partial charge in [-0.05, 0) is 70.3 Å². The van der Waals surface area contributed by atoms with Crippen molar-refractivity contribution in [1.82, 2.24) is 0 Å². The smallest absolute Gasteiger partial charge is 0.309 e. The maximum Gasteiger partial charge on any atom is 0.309 e. The Balaban J connectivity index is 0.000000152. The topological polar surface area (TPSA) is 189 Å². The summed E-state index contributed by atoms with van der Waals surface area (Å²) < 4.78 is 78.9. The molecule has 15 nitrogen and oxygen atoms in total. The largest absolute Gasteiger partial charge is 0.462 e. The molecule has 0 spiro atoms. The molecule has 15 atom stereocenters. The molecule has 9 fully saturated rings. The summed E-state index contributed by atoms with van der Waals surface area (Å²) in [4.78, 5) is 57.5. The van der Waals surface area contributed by atoms with Gasteiger partial charge in [0.2, 0.25) is 5.78 Å². The van der Waals surface area contributed by atoms with Gasteiger partial charge in [-0.15, -0.1) is 0 Å². The molecule has 3 saturated carbocycles. The molecule has 9 aliphatic rings. The zero-order chi connectivity index (χ0) is 45.9. The molecule has 6 heterocycles. The maximum atomic E-state index is 14.2. The van der Waals surface area contributed by atoms with E-state index in [1.165, 1.54) is 6.08 Å². The summed E-state index contributed by atoms with van der Waals surface area (Å²) in [6.45, 7) is 4.18. The highest BCUT2D eigenvalue weighted by molar-refractivity contribution is 5.95. The number of unbranched alkanes of at least 4 members (excludes halogenated alkanes) is 3. The molecule has 0 aromatic heterocycles. The Morgan fingerprint density at radius 2 is 1.12 bits per heavy atom. The second kappa shape index (κ2) is 23.9. The van der Waals surface area contributed by atoms with Gasteiger partial charge in [-0.3, -0.25) is 19.2 Å². The van der Waals surface area contributed by atoms with Crippen molar-refractivity contribution in [3.05, 3.63) is 12.2 Å². The van der Waals surface area contributed by atoms with Gasteiger partial charge in [-0.1, -0.05) is 32.3 Å². The van der Waals surface area contributed by atoms with Crippen LogP contribution in [0.3, 0.4) is 0 Å². The van der Waals surface area contributed by atoms with Crippen LogP contribution in [0.25, 0.3) is 0 Å². The van der Waals surface area contributed by atoms with Gasteiger partial charge in [0, 0.05) is 87.6 Å². The van der Waals surface area contributed by atoms with Gasteiger partial charge in [-0.2, -0.15) is 8.78 Å². The highest BCUT2D eigenvalue weighted by atomic mass is 19.3. The van der Waals surface area contributed by atoms with Gasteiger partial charge >= 0.3 is 23.8 Å². The summed E-state index contributed by atoms with van der Waals surface area (Å²) >= 11 is 0. The second-order valence-electron chi connectivity index (χ2n) is 19.2. The Labute approximate surface area is 380 Å². The number of esters is 3. The fourth-order valence-electron chi connectivity index (χ4n) is 11.2. The Bertz CT molecular complexity index is 1610. The third kappa shape index (κ3) is 13.2. The van der Waals surface area contributed by atoms with Crippen LogP contribution in [-0.2, 0) is 66.6 Å². The van der Waals surface area contributed by atoms with Crippen LogP contribution in [0.1, 0.15) is 135 Å². The van der Waals surface area contributed by atoms with E-state index in [1.54, 1.807) is 0 Å². The van der Waals surface area contributed by atoms with Crippen LogP contribution in [0, 0.1) is 35.5 Å². The number of hydrogen-bond donors (Lipinski definition) is 1. The highest BCUT2D eigenvalue weighted by Crippen LogP contribution is 2.46. The SMILES string of the molecule is CCCCCCC(F)(F)C(=O)/C=C/[C@H]1C(OC2CCCCO2)CC2OC(=O)CC21.O=C1CC2C(CC(OC3CCCCO3)[C@@H]2CO)O1.O=CC1C(OC2CCCCO2)CC2OC(=O)CC21. The van der Waals surface area contributed by atoms with Crippen molar-refractivity contribution in [2.45, 2.75) is 197 Å². The molecule has 0 radical (unpaired) electrons. The molecule has 3 aliphatic carbocycles. The Hall–Kier alpha value is -2.93. The van der Waals surface area contributed by atoms with E-state index in [2.05, 4.69) is 0 Å². The minimum absolute atomic E-state index is 0.00332. The van der Waals surface area contributed by atoms with E-state index in [0.717, 1.165) is 96.2 Å². The number of carbonyl (C=O) groups is 5. The van der Waals surface area contributed by atoms with Gasteiger partial charge in [0.15, 0.2) is 18.9 Å². The van der Waals surface area contributed by atoms with Crippen LogP contribution in [0.15, 0.2) is 12.2 Å². The van der Waals surface area contributed by atoms with E-state index in [-0.39, 0.29) is 122 Å². The van der Waals surface area contributed by atoms with Gasteiger partial charge in [0.25, 0.3) is 0 Å². The van der Waals surface area contributed by atoms with Crippen LogP contribution in [-0.4, -0.2) is 123 Å². The highest BCUT2D eigenvalue weighted by Gasteiger charge is 2.53. The molecule has 6 aliphatic heterocycles. The summed E-state index contributed by atoms with van der Waals surface area (Å²) in [5.41, 5.74) is 0. The first kappa shape index (κ1) is 50.0. The van der Waals surface area contributed by atoms with E-state index in [4.69, 9.17) is 42.6 Å². The maximum absolute atomic E-state index is 14.2. The lowest BCUT2D eigenvalue weighted by Crippen LogP contribution is -2.33. The molecule has 0 aromatic rings. The minimum Gasteiger partial charge on any atom is -0.462 e. The van der Waals surface area contributed by atoms with Gasteiger partial charge in [0.1, 0.15) is 24.6 Å². The average molecular weight is 925 g/mol. The Kier molecular flexibility index (Phi) is 18.4. The summed E-state index contributed by atoms with van der Waals surface area (Å²) in [6, 6.07) is 0. The van der Waals surface area contributed by atoms with Gasteiger partial charge < -0.3 is 52.5 Å². The standard InChI is InChI=1S/C22H32F2O5.C13H20O5.C13H18O5/c1-2-3-4-6-11-22(23,24)19(25)10-9-15-16-13-20(26)28-18(16)14-17(15)29-21-8-5-7-12-27-21;2*14-7-9-8-5-12(15)17-10(8)6-11(9)18-13-3-1-2-4-16-13/h9-10,15-18,21H,2-8,11-14H2,1H3;8-11,13-14H,1-7H2;7-11,13H,1-6H2/b10-9+;;/t15-,16?,17?,18?,21?;8?,9-,10?,11?,13?;/m11./s1. The van der Waals surface area contributed by atoms with E-state index in [0.29, 0.717) is 51.6 Å². The lowest BCUT2D eigenvalue weighted by atomic mass is 9.91. The summed E-state index contributed by atoms with van der Waals surface area (Å²) in [5, 5.41) is 9.51. The molecule has 0 aromatic carbocycles. The first-order valence-corrected chi connectivity index (χ1v) is 24.5. The second-order valence-corrected chi connectivity index (χ2v) is 19.2. The minimum atomic E-state index is -3.35. The summed E-state index contributed by atoms with van der Waals surface area (Å²) in [7, 11) is 0. The lowest BCUT2D eigenvalue weighted by Gasteiger charge is -2.29. The average Bonchev–Trinajstić information content (AvgIpc) is 4.13. The number of hydrogen-bond acceptors (Lipinski definition) is 15.